The third-order valence-corrected chi connectivity index (χ3v) is 6.68. The van der Waals surface area contributed by atoms with Crippen LogP contribution in [0.5, 0.6) is 0 Å². The van der Waals surface area contributed by atoms with Gasteiger partial charge in [0.25, 0.3) is 5.91 Å². The van der Waals surface area contributed by atoms with Gasteiger partial charge < -0.3 is 19.9 Å². The van der Waals surface area contributed by atoms with E-state index in [1.807, 2.05) is 42.5 Å². The second-order valence-electron chi connectivity index (χ2n) is 8.78. The van der Waals surface area contributed by atoms with Crippen LogP contribution in [0.15, 0.2) is 54.6 Å². The minimum absolute atomic E-state index is 0.0208. The molecule has 7 nitrogen and oxygen atoms in total. The fourth-order valence-electron chi connectivity index (χ4n) is 4.70. The van der Waals surface area contributed by atoms with Crippen LogP contribution >= 0.6 is 0 Å². The first-order valence-corrected chi connectivity index (χ1v) is 11.6. The summed E-state index contributed by atoms with van der Waals surface area (Å²) in [6.07, 6.45) is 4.04. The highest BCUT2D eigenvalue weighted by Gasteiger charge is 2.30. The van der Waals surface area contributed by atoms with Crippen LogP contribution in [0.4, 0.5) is 10.5 Å². The number of likely N-dealkylation sites (tertiary alicyclic amines) is 1. The van der Waals surface area contributed by atoms with Gasteiger partial charge in [-0.1, -0.05) is 42.5 Å². The summed E-state index contributed by atoms with van der Waals surface area (Å²) in [6, 6.07) is 17.4. The van der Waals surface area contributed by atoms with Gasteiger partial charge in [0.15, 0.2) is 6.61 Å². The summed E-state index contributed by atoms with van der Waals surface area (Å²) in [4.78, 5) is 41.1. The number of aryl methyl sites for hydroxylation is 1. The topological polar surface area (TPSA) is 79.0 Å². The number of ether oxygens (including phenoxy) is 1. The largest absolute Gasteiger partial charge is 0.455 e. The zero-order valence-corrected chi connectivity index (χ0v) is 19.0. The molecule has 1 fully saturated rings. The molecule has 1 unspecified atom stereocenters. The van der Waals surface area contributed by atoms with Crippen molar-refractivity contribution in [2.75, 3.05) is 32.1 Å². The van der Waals surface area contributed by atoms with Gasteiger partial charge in [-0.3, -0.25) is 9.59 Å². The number of amides is 3. The number of hydrogen-bond donors (Lipinski definition) is 1. The maximum absolute atomic E-state index is 12.7. The van der Waals surface area contributed by atoms with Crippen molar-refractivity contribution in [3.05, 3.63) is 65.7 Å². The molecule has 2 aromatic rings. The molecule has 0 aromatic heterocycles. The van der Waals surface area contributed by atoms with E-state index in [0.29, 0.717) is 25.9 Å². The molecular weight excluding hydrogens is 418 g/mol. The number of urea groups is 1. The Labute approximate surface area is 194 Å². The molecule has 3 amide bonds. The van der Waals surface area contributed by atoms with Crippen LogP contribution in [-0.4, -0.2) is 54.5 Å². The maximum atomic E-state index is 12.7. The molecule has 7 heteroatoms. The summed E-state index contributed by atoms with van der Waals surface area (Å²) in [5.41, 5.74) is 3.22. The van der Waals surface area contributed by atoms with Gasteiger partial charge in [0.05, 0.1) is 12.0 Å². The predicted molar refractivity (Wildman–Crippen MR) is 126 cm³/mol. The Morgan fingerprint density at radius 1 is 1.00 bits per heavy atom. The van der Waals surface area contributed by atoms with Gasteiger partial charge in [-0.25, -0.2) is 4.79 Å². The van der Waals surface area contributed by atoms with Crippen LogP contribution in [0, 0.1) is 5.92 Å². The molecule has 0 saturated carbocycles. The number of carbonyl (C=O) groups excluding carboxylic acids is 3. The van der Waals surface area contributed by atoms with Crippen LogP contribution in [-0.2, 0) is 20.7 Å². The molecule has 33 heavy (non-hydrogen) atoms. The summed E-state index contributed by atoms with van der Waals surface area (Å²) < 4.78 is 5.39. The molecule has 1 aliphatic carbocycles. The molecule has 0 spiro atoms. The minimum Gasteiger partial charge on any atom is -0.455 e. The van der Waals surface area contributed by atoms with E-state index >= 15 is 0 Å². The van der Waals surface area contributed by atoms with Crippen LogP contribution in [0.1, 0.15) is 42.9 Å². The lowest BCUT2D eigenvalue weighted by Crippen LogP contribution is -2.43. The SMILES string of the molecule is CN(C(=O)COC(=O)C1CCN(C(=O)Nc2ccccc2)CC1)C1CCCc2ccccc21. The molecular formula is C26H31N3O4. The van der Waals surface area contributed by atoms with E-state index in [9.17, 15) is 14.4 Å². The Hall–Kier alpha value is -3.35. The van der Waals surface area contributed by atoms with Crippen molar-refractivity contribution in [2.45, 2.75) is 38.1 Å². The monoisotopic (exact) mass is 449 g/mol. The normalized spacial score (nSPS) is 18.2. The molecule has 1 heterocycles. The van der Waals surface area contributed by atoms with E-state index in [1.54, 1.807) is 16.8 Å². The van der Waals surface area contributed by atoms with Crippen molar-refractivity contribution < 1.29 is 19.1 Å². The first-order valence-electron chi connectivity index (χ1n) is 11.6. The highest BCUT2D eigenvalue weighted by molar-refractivity contribution is 5.89. The fraction of sp³-hybridized carbons (Fsp3) is 0.423. The van der Waals surface area contributed by atoms with Gasteiger partial charge in [0.2, 0.25) is 0 Å². The maximum Gasteiger partial charge on any atom is 0.321 e. The van der Waals surface area contributed by atoms with Gasteiger partial charge in [-0.05, 0) is 55.4 Å². The first kappa shape index (κ1) is 22.8. The van der Waals surface area contributed by atoms with Gasteiger partial charge in [0, 0.05) is 25.8 Å². The van der Waals surface area contributed by atoms with Crippen LogP contribution < -0.4 is 5.32 Å². The van der Waals surface area contributed by atoms with E-state index in [1.165, 1.54) is 11.1 Å². The van der Waals surface area contributed by atoms with E-state index in [2.05, 4.69) is 17.4 Å². The number of benzene rings is 2. The number of anilines is 1. The highest BCUT2D eigenvalue weighted by atomic mass is 16.5. The van der Waals surface area contributed by atoms with E-state index in [4.69, 9.17) is 4.74 Å². The molecule has 1 atom stereocenters. The average molecular weight is 450 g/mol. The Kier molecular flexibility index (Phi) is 7.27. The zero-order valence-electron chi connectivity index (χ0n) is 19.0. The van der Waals surface area contributed by atoms with Gasteiger partial charge in [-0.2, -0.15) is 0 Å². The molecule has 1 aliphatic heterocycles. The Morgan fingerprint density at radius 3 is 2.45 bits per heavy atom. The number of nitrogens with zero attached hydrogens (tertiary/aromatic N) is 2. The lowest BCUT2D eigenvalue weighted by molar-refractivity contribution is -0.157. The number of carbonyl (C=O) groups is 3. The van der Waals surface area contributed by atoms with Crippen molar-refractivity contribution in [3.8, 4) is 0 Å². The Balaban J connectivity index is 1.23. The fourth-order valence-corrected chi connectivity index (χ4v) is 4.70. The van der Waals surface area contributed by atoms with Crippen LogP contribution in [0.25, 0.3) is 0 Å². The lowest BCUT2D eigenvalue weighted by atomic mass is 9.87. The van der Waals surface area contributed by atoms with Crippen LogP contribution in [0.2, 0.25) is 0 Å². The number of nitrogens with one attached hydrogen (secondary N) is 1. The average Bonchev–Trinajstić information content (AvgIpc) is 2.87. The van der Waals surface area contributed by atoms with Crippen molar-refractivity contribution >= 4 is 23.6 Å². The first-order chi connectivity index (χ1) is 16.0. The second kappa shape index (κ2) is 10.5. The molecule has 0 bridgehead atoms. The third-order valence-electron chi connectivity index (χ3n) is 6.68. The lowest BCUT2D eigenvalue weighted by Gasteiger charge is -2.33. The Bertz CT molecular complexity index is 986. The van der Waals surface area contributed by atoms with E-state index < -0.39 is 0 Å². The number of rotatable bonds is 5. The summed E-state index contributed by atoms with van der Waals surface area (Å²) in [6.45, 7) is 0.707. The van der Waals surface area contributed by atoms with E-state index in [0.717, 1.165) is 24.9 Å². The summed E-state index contributed by atoms with van der Waals surface area (Å²) in [5.74, 6) is -0.840. The molecule has 1 N–H and O–H groups in total. The highest BCUT2D eigenvalue weighted by Crippen LogP contribution is 2.33. The smallest absolute Gasteiger partial charge is 0.321 e. The summed E-state index contributed by atoms with van der Waals surface area (Å²) >= 11 is 0. The number of esters is 1. The summed E-state index contributed by atoms with van der Waals surface area (Å²) in [5, 5.41) is 2.87. The quantitative estimate of drug-likeness (QED) is 0.700. The number of hydrogen-bond acceptors (Lipinski definition) is 4. The van der Waals surface area contributed by atoms with E-state index in [-0.39, 0.29) is 36.5 Å². The van der Waals surface area contributed by atoms with Crippen LogP contribution in [0.3, 0.4) is 0 Å². The molecule has 2 aliphatic rings. The van der Waals surface area contributed by atoms with Gasteiger partial charge in [-0.15, -0.1) is 0 Å². The zero-order chi connectivity index (χ0) is 23.2. The standard InChI is InChI=1S/C26H31N3O4/c1-28(23-13-7-9-19-8-5-6-12-22(19)23)24(30)18-33-25(31)20-14-16-29(17-15-20)26(32)27-21-10-3-2-4-11-21/h2-6,8,10-12,20,23H,7,9,13-18H2,1H3,(H,27,32). The van der Waals surface area contributed by atoms with Gasteiger partial charge >= 0.3 is 12.0 Å². The molecule has 2 aromatic carbocycles. The predicted octanol–water partition coefficient (Wildman–Crippen LogP) is 4.01. The molecule has 174 valence electrons. The number of likely N-dealkylation sites (N-methyl/N-ethyl adjacent to an activating group) is 1. The number of fused-ring (bicyclic) bond motifs is 1. The second-order valence-corrected chi connectivity index (χ2v) is 8.78. The third kappa shape index (κ3) is 5.53. The van der Waals surface area contributed by atoms with Crippen molar-refractivity contribution in [2.24, 2.45) is 5.92 Å². The number of piperidine rings is 1. The van der Waals surface area contributed by atoms with Crippen molar-refractivity contribution in [3.63, 3.8) is 0 Å². The minimum atomic E-state index is -0.357. The van der Waals surface area contributed by atoms with Gasteiger partial charge in [0.1, 0.15) is 0 Å². The van der Waals surface area contributed by atoms with Crippen molar-refractivity contribution in [1.82, 2.24) is 9.80 Å². The Morgan fingerprint density at radius 2 is 1.70 bits per heavy atom. The summed E-state index contributed by atoms with van der Waals surface area (Å²) in [7, 11) is 1.78. The molecule has 4 rings (SSSR count). The number of para-hydroxylation sites is 1. The molecule has 1 saturated heterocycles. The van der Waals surface area contributed by atoms with Crippen molar-refractivity contribution in [1.29, 1.82) is 0 Å². The molecule has 0 radical (unpaired) electrons.